The second-order valence-corrected chi connectivity index (χ2v) is 14.1. The van der Waals surface area contributed by atoms with E-state index in [-0.39, 0.29) is 45.0 Å². The highest BCUT2D eigenvalue weighted by molar-refractivity contribution is 5.72. The van der Waals surface area contributed by atoms with E-state index in [4.69, 9.17) is 19.3 Å². The molecular formula is C43H77NO8. The average Bonchev–Trinajstić information content (AvgIpc) is 3.12. The SMILES string of the molecule is CCCCCCCC/C=C\CCCCCCCC(=O)OC[C@H](COC(=O)CCNC(=O)O)OC(=O)CCCCCCC/C=C\CCCCCCCC. The van der Waals surface area contributed by atoms with Crippen molar-refractivity contribution in [3.8, 4) is 0 Å². The zero-order valence-electron chi connectivity index (χ0n) is 33.3. The van der Waals surface area contributed by atoms with Gasteiger partial charge in [-0.25, -0.2) is 4.79 Å². The van der Waals surface area contributed by atoms with E-state index >= 15 is 0 Å². The molecule has 0 bridgehead atoms. The first-order valence-corrected chi connectivity index (χ1v) is 21.2. The largest absolute Gasteiger partial charge is 0.465 e. The number of hydrogen-bond acceptors (Lipinski definition) is 7. The van der Waals surface area contributed by atoms with Crippen molar-refractivity contribution in [3.05, 3.63) is 24.3 Å². The van der Waals surface area contributed by atoms with E-state index in [1.54, 1.807) is 0 Å². The molecule has 0 fully saturated rings. The van der Waals surface area contributed by atoms with Crippen molar-refractivity contribution >= 4 is 24.0 Å². The molecule has 52 heavy (non-hydrogen) atoms. The predicted octanol–water partition coefficient (Wildman–Crippen LogP) is 11.7. The van der Waals surface area contributed by atoms with Crippen LogP contribution < -0.4 is 5.32 Å². The fraction of sp³-hybridized carbons (Fsp3) is 0.814. The number of allylic oxidation sites excluding steroid dienone is 4. The monoisotopic (exact) mass is 736 g/mol. The lowest BCUT2D eigenvalue weighted by Gasteiger charge is -2.18. The van der Waals surface area contributed by atoms with Crippen molar-refractivity contribution in [3.63, 3.8) is 0 Å². The third kappa shape index (κ3) is 38.4. The number of carbonyl (C=O) groups is 4. The first-order chi connectivity index (χ1) is 25.4. The number of ether oxygens (including phenoxy) is 3. The number of esters is 3. The fourth-order valence-electron chi connectivity index (χ4n) is 5.83. The lowest BCUT2D eigenvalue weighted by Crippen LogP contribution is -2.31. The minimum Gasteiger partial charge on any atom is -0.465 e. The van der Waals surface area contributed by atoms with Crippen LogP contribution in [0.15, 0.2) is 24.3 Å². The molecule has 0 aromatic carbocycles. The number of hydrogen-bond donors (Lipinski definition) is 2. The molecule has 0 spiro atoms. The minimum atomic E-state index is -1.23. The van der Waals surface area contributed by atoms with E-state index in [0.717, 1.165) is 70.6 Å². The zero-order chi connectivity index (χ0) is 38.2. The molecule has 9 nitrogen and oxygen atoms in total. The van der Waals surface area contributed by atoms with Crippen LogP contribution in [0.5, 0.6) is 0 Å². The maximum absolute atomic E-state index is 12.6. The Labute approximate surface area is 317 Å². The van der Waals surface area contributed by atoms with Gasteiger partial charge in [0.2, 0.25) is 0 Å². The third-order valence-electron chi connectivity index (χ3n) is 9.05. The van der Waals surface area contributed by atoms with Crippen LogP contribution in [-0.4, -0.2) is 55.0 Å². The van der Waals surface area contributed by atoms with Crippen LogP contribution in [0.3, 0.4) is 0 Å². The van der Waals surface area contributed by atoms with Crippen LogP contribution in [-0.2, 0) is 28.6 Å². The van der Waals surface area contributed by atoms with Gasteiger partial charge in [-0.1, -0.05) is 141 Å². The molecule has 0 aliphatic carbocycles. The number of carbonyl (C=O) groups excluding carboxylic acids is 3. The quantitative estimate of drug-likeness (QED) is 0.0277. The summed E-state index contributed by atoms with van der Waals surface area (Å²) >= 11 is 0. The number of unbranched alkanes of at least 4 members (excludes halogenated alkanes) is 22. The van der Waals surface area contributed by atoms with E-state index in [1.165, 1.54) is 89.9 Å². The molecule has 0 unspecified atom stereocenters. The first-order valence-electron chi connectivity index (χ1n) is 21.2. The van der Waals surface area contributed by atoms with Crippen molar-refractivity contribution < 1.29 is 38.5 Å². The summed E-state index contributed by atoms with van der Waals surface area (Å²) < 4.78 is 16.1. The molecular weight excluding hydrogens is 658 g/mol. The smallest absolute Gasteiger partial charge is 0.404 e. The van der Waals surface area contributed by atoms with Crippen molar-refractivity contribution in [1.29, 1.82) is 0 Å². The summed E-state index contributed by atoms with van der Waals surface area (Å²) in [6, 6.07) is 0. The molecule has 0 aromatic rings. The topological polar surface area (TPSA) is 128 Å². The van der Waals surface area contributed by atoms with Gasteiger partial charge in [0.15, 0.2) is 6.10 Å². The summed E-state index contributed by atoms with van der Waals surface area (Å²) in [6.45, 7) is 3.96. The average molecular weight is 736 g/mol. The number of amides is 1. The van der Waals surface area contributed by atoms with Crippen molar-refractivity contribution in [1.82, 2.24) is 5.32 Å². The summed E-state index contributed by atoms with van der Waals surface area (Å²) in [5.41, 5.74) is 0. The van der Waals surface area contributed by atoms with Gasteiger partial charge in [0.25, 0.3) is 0 Å². The number of rotatable bonds is 38. The van der Waals surface area contributed by atoms with Crippen LogP contribution in [0.25, 0.3) is 0 Å². The van der Waals surface area contributed by atoms with Crippen LogP contribution in [0.1, 0.15) is 200 Å². The van der Waals surface area contributed by atoms with E-state index in [0.29, 0.717) is 6.42 Å². The Morgan fingerprint density at radius 1 is 0.481 bits per heavy atom. The van der Waals surface area contributed by atoms with Gasteiger partial charge in [-0.05, 0) is 64.2 Å². The zero-order valence-corrected chi connectivity index (χ0v) is 33.3. The Balaban J connectivity index is 4.21. The van der Waals surface area contributed by atoms with Gasteiger partial charge < -0.3 is 24.6 Å². The van der Waals surface area contributed by atoms with E-state index in [9.17, 15) is 19.2 Å². The van der Waals surface area contributed by atoms with Crippen molar-refractivity contribution in [2.45, 2.75) is 206 Å². The highest BCUT2D eigenvalue weighted by Crippen LogP contribution is 2.13. The van der Waals surface area contributed by atoms with Crippen LogP contribution >= 0.6 is 0 Å². The summed E-state index contributed by atoms with van der Waals surface area (Å²) in [7, 11) is 0. The van der Waals surface area contributed by atoms with Gasteiger partial charge >= 0.3 is 24.0 Å². The summed E-state index contributed by atoms with van der Waals surface area (Å²) in [5, 5.41) is 10.8. The fourth-order valence-corrected chi connectivity index (χ4v) is 5.83. The second-order valence-electron chi connectivity index (χ2n) is 14.1. The molecule has 0 aliphatic heterocycles. The molecule has 0 aromatic heterocycles. The molecule has 0 saturated carbocycles. The normalized spacial score (nSPS) is 12.0. The molecule has 0 radical (unpaired) electrons. The van der Waals surface area contributed by atoms with E-state index in [2.05, 4.69) is 43.5 Å². The van der Waals surface area contributed by atoms with Gasteiger partial charge in [-0.2, -0.15) is 0 Å². The molecule has 0 aliphatic rings. The maximum Gasteiger partial charge on any atom is 0.404 e. The van der Waals surface area contributed by atoms with Gasteiger partial charge in [-0.3, -0.25) is 14.4 Å². The van der Waals surface area contributed by atoms with Gasteiger partial charge in [0.1, 0.15) is 13.2 Å². The Morgan fingerprint density at radius 3 is 1.23 bits per heavy atom. The lowest BCUT2D eigenvalue weighted by molar-refractivity contribution is -0.166. The highest BCUT2D eigenvalue weighted by Gasteiger charge is 2.19. The van der Waals surface area contributed by atoms with Crippen molar-refractivity contribution in [2.75, 3.05) is 19.8 Å². The second kappa shape index (κ2) is 39.4. The molecule has 9 heteroatoms. The van der Waals surface area contributed by atoms with Gasteiger partial charge in [0, 0.05) is 19.4 Å². The predicted molar refractivity (Wildman–Crippen MR) is 211 cm³/mol. The molecule has 302 valence electrons. The Morgan fingerprint density at radius 2 is 0.827 bits per heavy atom. The van der Waals surface area contributed by atoms with E-state index in [1.807, 2.05) is 0 Å². The van der Waals surface area contributed by atoms with Crippen LogP contribution in [0.2, 0.25) is 0 Å². The number of nitrogens with one attached hydrogen (secondary N) is 1. The van der Waals surface area contributed by atoms with Gasteiger partial charge in [-0.15, -0.1) is 0 Å². The first kappa shape index (κ1) is 49.2. The standard InChI is InChI=1S/C43H77NO8/c1-3-5-7-9-11-13-15-17-19-21-23-25-27-29-31-33-40(45)50-37-39(38-51-41(46)35-36-44-43(48)49)52-42(47)34-32-30-28-26-24-22-20-18-16-14-12-10-8-6-4-2/h17-20,39,44H,3-16,21-38H2,1-2H3,(H,48,49)/b19-17-,20-18-/t39-/m1/s1. The Hall–Kier alpha value is -2.84. The molecule has 0 rings (SSSR count). The highest BCUT2D eigenvalue weighted by atomic mass is 16.6. The van der Waals surface area contributed by atoms with Crippen molar-refractivity contribution in [2.24, 2.45) is 0 Å². The van der Waals surface area contributed by atoms with Crippen LogP contribution in [0.4, 0.5) is 4.79 Å². The van der Waals surface area contributed by atoms with Crippen LogP contribution in [0, 0.1) is 0 Å². The summed E-state index contributed by atoms with van der Waals surface area (Å²) in [6.07, 6.45) is 38.0. The molecule has 1 atom stereocenters. The molecule has 0 heterocycles. The Bertz CT molecular complexity index is 919. The molecule has 2 N–H and O–H groups in total. The Kier molecular flexibility index (Phi) is 37.2. The number of carboxylic acid groups (broad SMARTS) is 1. The summed E-state index contributed by atoms with van der Waals surface area (Å²) in [4.78, 5) is 47.6. The van der Waals surface area contributed by atoms with E-state index < -0.39 is 24.1 Å². The lowest BCUT2D eigenvalue weighted by atomic mass is 10.1. The molecule has 0 saturated heterocycles. The summed E-state index contributed by atoms with van der Waals surface area (Å²) in [5.74, 6) is -1.42. The molecule has 1 amide bonds. The van der Waals surface area contributed by atoms with Gasteiger partial charge in [0.05, 0.1) is 6.42 Å². The third-order valence-corrected chi connectivity index (χ3v) is 9.05. The minimum absolute atomic E-state index is 0.0843. The maximum atomic E-state index is 12.6.